The average molecular weight is 446 g/mol. The van der Waals surface area contributed by atoms with Gasteiger partial charge in [-0.25, -0.2) is 9.97 Å². The van der Waals surface area contributed by atoms with Gasteiger partial charge in [0.05, 0.1) is 23.8 Å². The van der Waals surface area contributed by atoms with Crippen LogP contribution in [0.25, 0.3) is 0 Å². The lowest BCUT2D eigenvalue weighted by atomic mass is 10.1. The summed E-state index contributed by atoms with van der Waals surface area (Å²) in [7, 11) is 3.84. The van der Waals surface area contributed by atoms with Gasteiger partial charge in [0.1, 0.15) is 11.5 Å². The maximum atomic E-state index is 13.0. The number of fused-ring (bicyclic) bond motifs is 2. The predicted octanol–water partition coefficient (Wildman–Crippen LogP) is 2.58. The Morgan fingerprint density at radius 3 is 2.82 bits per heavy atom. The van der Waals surface area contributed by atoms with Gasteiger partial charge in [-0.1, -0.05) is 13.0 Å². The molecule has 2 aliphatic carbocycles. The third-order valence-electron chi connectivity index (χ3n) is 7.62. The summed E-state index contributed by atoms with van der Waals surface area (Å²) >= 11 is 0. The predicted molar refractivity (Wildman–Crippen MR) is 125 cm³/mol. The van der Waals surface area contributed by atoms with Gasteiger partial charge in [-0.2, -0.15) is 5.10 Å². The fourth-order valence-electron chi connectivity index (χ4n) is 5.63. The standard InChI is InChI=1S/C25H31N7O/c1-4-19-15(5-8-23(27-19)32-12-16-9-17(16)13-32)10-18-11-22(31(3)29-18)25(33)28-20-6-7-21-24(20)26-14-30(21)2/h5,8,11,14,16-17,20H,4,6-7,9-10,12-13H2,1-3H3,(H,28,33)/t16?,17?,20-/m1/s1. The number of amides is 1. The lowest BCUT2D eigenvalue weighted by Gasteiger charge is -2.20. The van der Waals surface area contributed by atoms with Crippen molar-refractivity contribution in [3.05, 3.63) is 58.6 Å². The molecule has 1 aliphatic heterocycles. The Kier molecular flexibility index (Phi) is 4.78. The number of aromatic nitrogens is 5. The Morgan fingerprint density at radius 1 is 1.21 bits per heavy atom. The van der Waals surface area contributed by atoms with Crippen molar-refractivity contribution in [1.29, 1.82) is 0 Å². The third-order valence-corrected chi connectivity index (χ3v) is 7.62. The van der Waals surface area contributed by atoms with Crippen LogP contribution in [0.4, 0.5) is 5.82 Å². The summed E-state index contributed by atoms with van der Waals surface area (Å²) in [6.45, 7) is 4.46. The molecule has 0 radical (unpaired) electrons. The molecule has 1 saturated heterocycles. The van der Waals surface area contributed by atoms with E-state index in [1.54, 1.807) is 4.68 Å². The minimum absolute atomic E-state index is 0.0351. The molecule has 2 fully saturated rings. The van der Waals surface area contributed by atoms with Crippen LogP contribution in [0.1, 0.15) is 64.6 Å². The van der Waals surface area contributed by atoms with Gasteiger partial charge in [-0.05, 0) is 55.2 Å². The SMILES string of the molecule is CCc1nc(N2CC3CC3C2)ccc1Cc1cc(C(=O)N[C@@H]2CCc3c2ncn3C)n(C)n1. The number of hydrogen-bond acceptors (Lipinski definition) is 5. The molecule has 1 N–H and O–H groups in total. The Bertz CT molecular complexity index is 1220. The highest BCUT2D eigenvalue weighted by Crippen LogP contribution is 2.46. The summed E-state index contributed by atoms with van der Waals surface area (Å²) in [6, 6.07) is 6.22. The fourth-order valence-corrected chi connectivity index (χ4v) is 5.63. The normalized spacial score (nSPS) is 23.0. The first-order chi connectivity index (χ1) is 16.0. The number of carbonyl (C=O) groups is 1. The molecule has 6 rings (SSSR count). The molecule has 172 valence electrons. The van der Waals surface area contributed by atoms with E-state index >= 15 is 0 Å². The molecule has 3 aromatic rings. The Morgan fingerprint density at radius 2 is 2.03 bits per heavy atom. The van der Waals surface area contributed by atoms with Crippen LogP contribution in [0, 0.1) is 11.8 Å². The molecule has 8 heteroatoms. The maximum absolute atomic E-state index is 13.0. The number of rotatable bonds is 6. The minimum Gasteiger partial charge on any atom is -0.356 e. The first kappa shape index (κ1) is 20.4. The van der Waals surface area contributed by atoms with Crippen molar-refractivity contribution >= 4 is 11.7 Å². The lowest BCUT2D eigenvalue weighted by Crippen LogP contribution is -2.29. The Labute approximate surface area is 194 Å². The number of nitrogens with zero attached hydrogens (tertiary/aromatic N) is 6. The smallest absolute Gasteiger partial charge is 0.270 e. The molecular weight excluding hydrogens is 414 g/mol. The Balaban J connectivity index is 1.17. The van der Waals surface area contributed by atoms with Crippen LogP contribution in [-0.2, 0) is 33.4 Å². The van der Waals surface area contributed by atoms with Crippen LogP contribution in [-0.4, -0.2) is 43.3 Å². The first-order valence-electron chi connectivity index (χ1n) is 12.1. The molecule has 3 atom stereocenters. The van der Waals surface area contributed by atoms with Crippen molar-refractivity contribution in [3.63, 3.8) is 0 Å². The summed E-state index contributed by atoms with van der Waals surface area (Å²) in [5.74, 6) is 2.79. The summed E-state index contributed by atoms with van der Waals surface area (Å²) in [5.41, 5.74) is 5.97. The van der Waals surface area contributed by atoms with Gasteiger partial charge in [0, 0.05) is 45.0 Å². The highest BCUT2D eigenvalue weighted by atomic mass is 16.2. The van der Waals surface area contributed by atoms with Crippen LogP contribution in [0.5, 0.6) is 0 Å². The van der Waals surface area contributed by atoms with Gasteiger partial charge in [0.2, 0.25) is 0 Å². The van der Waals surface area contributed by atoms with Crippen molar-refractivity contribution in [2.45, 2.75) is 45.1 Å². The Hall–Kier alpha value is -3.16. The quantitative estimate of drug-likeness (QED) is 0.631. The van der Waals surface area contributed by atoms with E-state index in [0.717, 1.165) is 67.1 Å². The first-order valence-corrected chi connectivity index (χ1v) is 12.1. The van der Waals surface area contributed by atoms with Crippen LogP contribution in [0.2, 0.25) is 0 Å². The number of anilines is 1. The molecule has 4 heterocycles. The fraction of sp³-hybridized carbons (Fsp3) is 0.520. The van der Waals surface area contributed by atoms with E-state index in [4.69, 9.17) is 4.98 Å². The summed E-state index contributed by atoms with van der Waals surface area (Å²) in [4.78, 5) is 24.9. The molecule has 33 heavy (non-hydrogen) atoms. The molecule has 1 saturated carbocycles. The van der Waals surface area contributed by atoms with Crippen molar-refractivity contribution in [2.24, 2.45) is 25.9 Å². The zero-order chi connectivity index (χ0) is 22.7. The number of imidazole rings is 1. The number of pyridine rings is 1. The largest absolute Gasteiger partial charge is 0.356 e. The number of aryl methyl sites for hydroxylation is 3. The van der Waals surface area contributed by atoms with Gasteiger partial charge in [0.15, 0.2) is 0 Å². The molecule has 1 amide bonds. The average Bonchev–Trinajstić information content (AvgIpc) is 3.20. The highest BCUT2D eigenvalue weighted by Gasteiger charge is 2.45. The number of nitrogens with one attached hydrogen (secondary N) is 1. The van der Waals surface area contributed by atoms with Gasteiger partial charge in [-0.15, -0.1) is 0 Å². The maximum Gasteiger partial charge on any atom is 0.270 e. The van der Waals surface area contributed by atoms with Gasteiger partial charge in [-0.3, -0.25) is 9.48 Å². The van der Waals surface area contributed by atoms with Crippen LogP contribution >= 0.6 is 0 Å². The van der Waals surface area contributed by atoms with Crippen LogP contribution in [0.3, 0.4) is 0 Å². The molecule has 0 aromatic carbocycles. The molecule has 3 aromatic heterocycles. The van der Waals surface area contributed by atoms with E-state index in [-0.39, 0.29) is 11.9 Å². The molecule has 8 nitrogen and oxygen atoms in total. The van der Waals surface area contributed by atoms with Crippen molar-refractivity contribution < 1.29 is 4.79 Å². The monoisotopic (exact) mass is 445 g/mol. The minimum atomic E-state index is -0.100. The van der Waals surface area contributed by atoms with E-state index < -0.39 is 0 Å². The van der Waals surface area contributed by atoms with Gasteiger partial charge >= 0.3 is 0 Å². The summed E-state index contributed by atoms with van der Waals surface area (Å²) < 4.78 is 3.73. The van der Waals surface area contributed by atoms with Gasteiger partial charge in [0.25, 0.3) is 5.91 Å². The van der Waals surface area contributed by atoms with E-state index in [1.165, 1.54) is 17.7 Å². The second kappa shape index (κ2) is 7.71. The summed E-state index contributed by atoms with van der Waals surface area (Å²) in [6.07, 6.45) is 6.61. The topological polar surface area (TPSA) is 80.9 Å². The van der Waals surface area contributed by atoms with E-state index in [0.29, 0.717) is 12.1 Å². The second-order valence-electron chi connectivity index (χ2n) is 9.86. The van der Waals surface area contributed by atoms with Crippen molar-refractivity contribution in [3.8, 4) is 0 Å². The second-order valence-corrected chi connectivity index (χ2v) is 9.86. The zero-order valence-corrected chi connectivity index (χ0v) is 19.6. The van der Waals surface area contributed by atoms with Crippen molar-refractivity contribution in [2.75, 3.05) is 18.0 Å². The molecule has 2 unspecified atom stereocenters. The lowest BCUT2D eigenvalue weighted by molar-refractivity contribution is 0.0926. The number of carbonyl (C=O) groups excluding carboxylic acids is 1. The number of hydrogen-bond donors (Lipinski definition) is 1. The zero-order valence-electron chi connectivity index (χ0n) is 19.6. The third kappa shape index (κ3) is 3.61. The summed E-state index contributed by atoms with van der Waals surface area (Å²) in [5, 5.41) is 7.80. The molecule has 0 bridgehead atoms. The van der Waals surface area contributed by atoms with E-state index in [2.05, 4.69) is 39.4 Å². The van der Waals surface area contributed by atoms with Crippen LogP contribution in [0.15, 0.2) is 24.5 Å². The number of piperidine rings is 1. The highest BCUT2D eigenvalue weighted by molar-refractivity contribution is 5.93. The van der Waals surface area contributed by atoms with Gasteiger partial charge < -0.3 is 14.8 Å². The van der Waals surface area contributed by atoms with Crippen molar-refractivity contribution in [1.82, 2.24) is 29.6 Å². The van der Waals surface area contributed by atoms with E-state index in [9.17, 15) is 4.79 Å². The van der Waals surface area contributed by atoms with Crippen LogP contribution < -0.4 is 10.2 Å². The molecule has 3 aliphatic rings. The molecular formula is C25H31N7O. The van der Waals surface area contributed by atoms with E-state index in [1.807, 2.05) is 31.1 Å². The molecule has 0 spiro atoms.